The van der Waals surface area contributed by atoms with Crippen LogP contribution >= 0.6 is 0 Å². The molecule has 1 saturated heterocycles. The van der Waals surface area contributed by atoms with Gasteiger partial charge in [-0.2, -0.15) is 13.2 Å². The number of nitrogens with zero attached hydrogens (tertiary/aromatic N) is 3. The summed E-state index contributed by atoms with van der Waals surface area (Å²) in [6, 6.07) is 19.7. The molecule has 9 nitrogen and oxygen atoms in total. The van der Waals surface area contributed by atoms with E-state index in [-0.39, 0.29) is 11.6 Å². The zero-order chi connectivity index (χ0) is 28.3. The molecule has 0 spiro atoms. The second-order valence-corrected chi connectivity index (χ2v) is 11.1. The van der Waals surface area contributed by atoms with Gasteiger partial charge in [0.2, 0.25) is 21.7 Å². The van der Waals surface area contributed by atoms with Gasteiger partial charge in [-0.3, -0.25) is 9.52 Å². The van der Waals surface area contributed by atoms with Crippen molar-refractivity contribution >= 4 is 33.1 Å². The van der Waals surface area contributed by atoms with Crippen molar-refractivity contribution in [2.24, 2.45) is 0 Å². The third-order valence-electron chi connectivity index (χ3n) is 6.36. The molecule has 4 aromatic rings. The van der Waals surface area contributed by atoms with Crippen molar-refractivity contribution in [2.75, 3.05) is 28.0 Å². The molecule has 5 rings (SSSR count). The lowest BCUT2D eigenvalue weighted by molar-refractivity contribution is -0.153. The first-order chi connectivity index (χ1) is 19.1. The molecular weight excluding hydrogens is 547 g/mol. The molecule has 0 aliphatic carbocycles. The fraction of sp³-hybridized carbons (Fsp3) is 0.222. The van der Waals surface area contributed by atoms with Gasteiger partial charge in [0, 0.05) is 24.3 Å². The first-order valence-electron chi connectivity index (χ1n) is 12.3. The molecule has 2 aromatic heterocycles. The second-order valence-electron chi connectivity index (χ2n) is 9.12. The predicted molar refractivity (Wildman–Crippen MR) is 143 cm³/mol. The Bertz CT molecular complexity index is 1570. The maximum Gasteiger partial charge on any atom is 0.452 e. The van der Waals surface area contributed by atoms with Gasteiger partial charge in [-0.15, -0.1) is 0 Å². The van der Waals surface area contributed by atoms with E-state index in [1.807, 2.05) is 4.90 Å². The van der Waals surface area contributed by atoms with Crippen molar-refractivity contribution in [3.63, 3.8) is 0 Å². The number of rotatable bonds is 7. The lowest BCUT2D eigenvalue weighted by Crippen LogP contribution is -2.41. The van der Waals surface area contributed by atoms with E-state index < -0.39 is 38.8 Å². The van der Waals surface area contributed by atoms with Crippen LogP contribution in [0.15, 0.2) is 83.4 Å². The maximum atomic E-state index is 13.6. The van der Waals surface area contributed by atoms with Crippen molar-refractivity contribution in [3.05, 3.63) is 90.4 Å². The van der Waals surface area contributed by atoms with Crippen LogP contribution in [-0.4, -0.2) is 42.6 Å². The predicted octanol–water partition coefficient (Wildman–Crippen LogP) is 5.42. The summed E-state index contributed by atoms with van der Waals surface area (Å²) < 4.78 is 73.8. The Hall–Kier alpha value is -4.39. The largest absolute Gasteiger partial charge is 0.452 e. The minimum atomic E-state index is -4.93. The van der Waals surface area contributed by atoms with E-state index in [0.29, 0.717) is 43.0 Å². The minimum Gasteiger partial charge on any atom is -0.431 e. The van der Waals surface area contributed by atoms with Crippen molar-refractivity contribution in [1.29, 1.82) is 0 Å². The Labute approximate surface area is 228 Å². The van der Waals surface area contributed by atoms with Gasteiger partial charge in [0.1, 0.15) is 5.82 Å². The zero-order valence-corrected chi connectivity index (χ0v) is 21.7. The molecule has 2 aromatic carbocycles. The highest BCUT2D eigenvalue weighted by Gasteiger charge is 2.42. The summed E-state index contributed by atoms with van der Waals surface area (Å²) in [5.74, 6) is -2.36. The minimum absolute atomic E-state index is 0.163. The highest BCUT2D eigenvalue weighted by molar-refractivity contribution is 7.93. The van der Waals surface area contributed by atoms with Crippen LogP contribution < -0.4 is 14.9 Å². The van der Waals surface area contributed by atoms with Crippen LogP contribution in [0.3, 0.4) is 0 Å². The number of benzene rings is 2. The Morgan fingerprint density at radius 2 is 1.57 bits per heavy atom. The monoisotopic (exact) mass is 571 g/mol. The van der Waals surface area contributed by atoms with Crippen molar-refractivity contribution in [2.45, 2.75) is 24.3 Å². The van der Waals surface area contributed by atoms with E-state index in [9.17, 15) is 26.4 Å². The first-order valence-corrected chi connectivity index (χ1v) is 13.9. The van der Waals surface area contributed by atoms with Gasteiger partial charge in [0.05, 0.1) is 17.1 Å². The molecule has 3 heterocycles. The van der Waals surface area contributed by atoms with Crippen molar-refractivity contribution < 1.29 is 30.8 Å². The number of piperidine rings is 1. The average Bonchev–Trinajstić information content (AvgIpc) is 3.41. The number of hydrogen-bond acceptors (Lipinski definition) is 7. The molecule has 2 N–H and O–H groups in total. The van der Waals surface area contributed by atoms with Crippen molar-refractivity contribution in [3.8, 4) is 11.5 Å². The average molecular weight is 572 g/mol. The number of hydrogen-bond donors (Lipinski definition) is 2. The third kappa shape index (κ3) is 6.09. The lowest BCUT2D eigenvalue weighted by atomic mass is 10.1. The number of para-hydroxylation sites is 1. The molecule has 1 aliphatic rings. The van der Waals surface area contributed by atoms with Crippen LogP contribution in [0.4, 0.5) is 30.4 Å². The highest BCUT2D eigenvalue weighted by Crippen LogP contribution is 2.35. The van der Waals surface area contributed by atoms with E-state index >= 15 is 0 Å². The van der Waals surface area contributed by atoms with E-state index in [1.54, 1.807) is 54.6 Å². The second kappa shape index (κ2) is 11.0. The molecule has 13 heteroatoms. The Balaban J connectivity index is 1.23. The standard InChI is InChI=1S/C27H24F3N5O4S/c28-27(29,30)24-23(33-26(39-24)18-7-3-1-4-8-18)25(36)32-20-11-12-22(31-17-20)35-15-13-21(14-16-35)40(37,38)34-19-9-5-2-6-10-19/h1-12,17,21,34H,13-16H2,(H,32,36). The molecule has 1 fully saturated rings. The Kier molecular flexibility index (Phi) is 7.48. The van der Waals surface area contributed by atoms with Gasteiger partial charge >= 0.3 is 6.18 Å². The lowest BCUT2D eigenvalue weighted by Gasteiger charge is -2.32. The molecule has 0 radical (unpaired) electrons. The number of carbonyl (C=O) groups is 1. The SMILES string of the molecule is O=C(Nc1ccc(N2CCC(S(=O)(=O)Nc3ccccc3)CC2)nc1)c1nc(-c2ccccc2)oc1C(F)(F)F. The number of alkyl halides is 3. The number of amides is 1. The summed E-state index contributed by atoms with van der Waals surface area (Å²) in [6.45, 7) is 0.879. The molecule has 1 amide bonds. The number of sulfonamides is 1. The zero-order valence-electron chi connectivity index (χ0n) is 20.9. The molecule has 0 atom stereocenters. The summed E-state index contributed by atoms with van der Waals surface area (Å²) >= 11 is 0. The fourth-order valence-electron chi connectivity index (χ4n) is 4.36. The maximum absolute atomic E-state index is 13.6. The summed E-state index contributed by atoms with van der Waals surface area (Å²) in [6.07, 6.45) is -2.83. The normalized spacial score (nSPS) is 14.6. The van der Waals surface area contributed by atoms with E-state index in [4.69, 9.17) is 4.42 Å². The molecule has 1 aliphatic heterocycles. The molecule has 0 unspecified atom stereocenters. The van der Waals surface area contributed by atoms with Crippen LogP contribution in [0.2, 0.25) is 0 Å². The smallest absolute Gasteiger partial charge is 0.431 e. The summed E-state index contributed by atoms with van der Waals surface area (Å²) in [5, 5.41) is 1.82. The number of anilines is 3. The van der Waals surface area contributed by atoms with Crippen molar-refractivity contribution in [1.82, 2.24) is 9.97 Å². The summed E-state index contributed by atoms with van der Waals surface area (Å²) in [4.78, 5) is 22.8. The van der Waals surface area contributed by atoms with Gasteiger partial charge < -0.3 is 14.6 Å². The van der Waals surface area contributed by atoms with E-state index in [1.165, 1.54) is 24.4 Å². The number of pyridine rings is 1. The number of oxazole rings is 1. The topological polar surface area (TPSA) is 117 Å². The van der Waals surface area contributed by atoms with E-state index in [0.717, 1.165) is 0 Å². The van der Waals surface area contributed by atoms with Crippen LogP contribution in [-0.2, 0) is 16.2 Å². The number of carbonyl (C=O) groups excluding carboxylic acids is 1. The first kappa shape index (κ1) is 27.2. The Morgan fingerprint density at radius 1 is 0.925 bits per heavy atom. The van der Waals surface area contributed by atoms with Gasteiger partial charge in [-0.25, -0.2) is 18.4 Å². The van der Waals surface area contributed by atoms with Gasteiger partial charge in [0.25, 0.3) is 5.91 Å². The molecule has 0 bridgehead atoms. The Morgan fingerprint density at radius 3 is 2.17 bits per heavy atom. The molecular formula is C27H24F3N5O4S. The number of halogens is 3. The molecule has 40 heavy (non-hydrogen) atoms. The fourth-order valence-corrected chi connectivity index (χ4v) is 5.82. The molecule has 208 valence electrons. The van der Waals surface area contributed by atoms with Gasteiger partial charge in [-0.1, -0.05) is 36.4 Å². The molecule has 0 saturated carbocycles. The summed E-state index contributed by atoms with van der Waals surface area (Å²) in [5.41, 5.74) is 0.0810. The number of aromatic nitrogens is 2. The van der Waals surface area contributed by atoms with Crippen LogP contribution in [0, 0.1) is 0 Å². The van der Waals surface area contributed by atoms with E-state index in [2.05, 4.69) is 20.0 Å². The highest BCUT2D eigenvalue weighted by atomic mass is 32.2. The van der Waals surface area contributed by atoms with Gasteiger partial charge in [0.15, 0.2) is 5.69 Å². The van der Waals surface area contributed by atoms with Crippen LogP contribution in [0.5, 0.6) is 0 Å². The van der Waals surface area contributed by atoms with Gasteiger partial charge in [-0.05, 0) is 49.2 Å². The summed E-state index contributed by atoms with van der Waals surface area (Å²) in [7, 11) is -3.56. The van der Waals surface area contributed by atoms with Crippen LogP contribution in [0.25, 0.3) is 11.5 Å². The number of nitrogens with one attached hydrogen (secondary N) is 2. The quantitative estimate of drug-likeness (QED) is 0.304. The van der Waals surface area contributed by atoms with Crippen LogP contribution in [0.1, 0.15) is 29.1 Å². The third-order valence-corrected chi connectivity index (χ3v) is 8.23.